The molecular formula is C28H31NO5. The number of methoxy groups -OCH3 is 2. The lowest BCUT2D eigenvalue weighted by atomic mass is 9.71. The van der Waals surface area contributed by atoms with E-state index in [1.807, 2.05) is 62.4 Å². The van der Waals surface area contributed by atoms with Crippen LogP contribution in [0.25, 0.3) is 0 Å². The molecule has 178 valence electrons. The van der Waals surface area contributed by atoms with Crippen molar-refractivity contribution in [2.45, 2.75) is 38.5 Å². The van der Waals surface area contributed by atoms with E-state index >= 15 is 0 Å². The molecule has 2 aromatic carbocycles. The summed E-state index contributed by atoms with van der Waals surface area (Å²) in [6.45, 7) is 4.37. The third-order valence-electron chi connectivity index (χ3n) is 6.57. The largest absolute Gasteiger partial charge is 0.497 e. The van der Waals surface area contributed by atoms with Gasteiger partial charge in [-0.3, -0.25) is 4.79 Å². The van der Waals surface area contributed by atoms with Crippen molar-refractivity contribution in [3.8, 4) is 5.75 Å². The number of carbonyl (C=O) groups is 2. The zero-order chi connectivity index (χ0) is 24.2. The van der Waals surface area contributed by atoms with Gasteiger partial charge in [-0.25, -0.2) is 4.79 Å². The molecule has 0 spiro atoms. The van der Waals surface area contributed by atoms with Crippen LogP contribution in [-0.2, 0) is 19.1 Å². The van der Waals surface area contributed by atoms with Crippen molar-refractivity contribution >= 4 is 11.8 Å². The first-order chi connectivity index (χ1) is 16.4. The van der Waals surface area contributed by atoms with Crippen LogP contribution in [-0.4, -0.2) is 39.2 Å². The Morgan fingerprint density at radius 3 is 2.26 bits per heavy atom. The topological polar surface area (TPSA) is 73.9 Å². The molecule has 0 aromatic heterocycles. The Hall–Kier alpha value is -3.38. The quantitative estimate of drug-likeness (QED) is 0.482. The van der Waals surface area contributed by atoms with E-state index in [1.54, 1.807) is 14.2 Å². The normalized spacial score (nSPS) is 20.1. The van der Waals surface area contributed by atoms with Gasteiger partial charge >= 0.3 is 5.97 Å². The van der Waals surface area contributed by atoms with Gasteiger partial charge in [-0.05, 0) is 49.4 Å². The van der Waals surface area contributed by atoms with Crippen LogP contribution < -0.4 is 10.1 Å². The van der Waals surface area contributed by atoms with Gasteiger partial charge in [-0.2, -0.15) is 0 Å². The van der Waals surface area contributed by atoms with E-state index in [4.69, 9.17) is 14.2 Å². The molecule has 1 N–H and O–H groups in total. The fourth-order valence-corrected chi connectivity index (χ4v) is 4.81. The molecular weight excluding hydrogens is 430 g/mol. The number of hydrogen-bond donors (Lipinski definition) is 1. The lowest BCUT2D eigenvalue weighted by Crippen LogP contribution is -2.36. The van der Waals surface area contributed by atoms with E-state index < -0.39 is 11.9 Å². The van der Waals surface area contributed by atoms with Gasteiger partial charge in [0.05, 0.1) is 19.3 Å². The highest BCUT2D eigenvalue weighted by Crippen LogP contribution is 2.45. The molecule has 1 heterocycles. The summed E-state index contributed by atoms with van der Waals surface area (Å²) in [4.78, 5) is 26.7. The second-order valence-electron chi connectivity index (χ2n) is 8.83. The highest BCUT2D eigenvalue weighted by Gasteiger charge is 2.41. The number of dihydropyridines is 1. The zero-order valence-electron chi connectivity index (χ0n) is 20.1. The molecule has 4 rings (SSSR count). The smallest absolute Gasteiger partial charge is 0.336 e. The van der Waals surface area contributed by atoms with Gasteiger partial charge in [0.1, 0.15) is 12.4 Å². The molecule has 0 saturated heterocycles. The summed E-state index contributed by atoms with van der Waals surface area (Å²) in [6.07, 6.45) is 1.08. The minimum absolute atomic E-state index is 0.0508. The number of esters is 1. The molecule has 34 heavy (non-hydrogen) atoms. The van der Waals surface area contributed by atoms with E-state index in [9.17, 15) is 9.59 Å². The number of benzene rings is 2. The molecule has 6 heteroatoms. The number of ketones is 1. The first-order valence-electron chi connectivity index (χ1n) is 11.5. The van der Waals surface area contributed by atoms with Gasteiger partial charge in [0.2, 0.25) is 0 Å². The summed E-state index contributed by atoms with van der Waals surface area (Å²) in [6, 6.07) is 15.9. The van der Waals surface area contributed by atoms with Crippen molar-refractivity contribution in [1.29, 1.82) is 0 Å². The number of nitrogens with one attached hydrogen (secondary N) is 1. The highest BCUT2D eigenvalue weighted by molar-refractivity contribution is 6.04. The number of rotatable bonds is 7. The van der Waals surface area contributed by atoms with Crippen LogP contribution in [0.2, 0.25) is 0 Å². The Labute approximate surface area is 200 Å². The van der Waals surface area contributed by atoms with E-state index in [1.165, 1.54) is 0 Å². The Kier molecular flexibility index (Phi) is 7.17. The lowest BCUT2D eigenvalue weighted by Gasteiger charge is -2.36. The summed E-state index contributed by atoms with van der Waals surface area (Å²) >= 11 is 0. The van der Waals surface area contributed by atoms with Crippen molar-refractivity contribution < 1.29 is 23.8 Å². The van der Waals surface area contributed by atoms with E-state index in [-0.39, 0.29) is 18.3 Å². The highest BCUT2D eigenvalue weighted by atomic mass is 16.6. The number of allylic oxidation sites excluding steroid dienone is 3. The van der Waals surface area contributed by atoms with Crippen molar-refractivity contribution in [2.75, 3.05) is 27.4 Å². The van der Waals surface area contributed by atoms with E-state index in [0.29, 0.717) is 30.6 Å². The number of aryl methyl sites for hydroxylation is 1. The molecule has 2 atom stereocenters. The van der Waals surface area contributed by atoms with Crippen molar-refractivity contribution in [3.63, 3.8) is 0 Å². The second-order valence-corrected chi connectivity index (χ2v) is 8.83. The summed E-state index contributed by atoms with van der Waals surface area (Å²) in [5.74, 6) is 0.0121. The van der Waals surface area contributed by atoms with Crippen molar-refractivity contribution in [2.24, 2.45) is 0 Å². The maximum Gasteiger partial charge on any atom is 0.336 e. The number of Topliss-reactive ketones (excluding diaryl/α,β-unsaturated/α-hetero) is 1. The van der Waals surface area contributed by atoms with Crippen molar-refractivity contribution in [3.05, 3.63) is 87.8 Å². The Bertz CT molecular complexity index is 1130. The molecule has 0 bridgehead atoms. The first kappa shape index (κ1) is 23.8. The first-order valence-corrected chi connectivity index (χ1v) is 11.5. The predicted molar refractivity (Wildman–Crippen MR) is 130 cm³/mol. The van der Waals surface area contributed by atoms with Crippen LogP contribution in [0.5, 0.6) is 5.75 Å². The minimum Gasteiger partial charge on any atom is -0.497 e. The molecule has 0 unspecified atom stereocenters. The average Bonchev–Trinajstić information content (AvgIpc) is 2.83. The Morgan fingerprint density at radius 1 is 0.941 bits per heavy atom. The van der Waals surface area contributed by atoms with Gasteiger partial charge in [0, 0.05) is 36.4 Å². The lowest BCUT2D eigenvalue weighted by molar-refractivity contribution is -0.140. The predicted octanol–water partition coefficient (Wildman–Crippen LogP) is 4.55. The van der Waals surface area contributed by atoms with Gasteiger partial charge in [-0.1, -0.05) is 42.0 Å². The maximum atomic E-state index is 13.6. The number of ether oxygens (including phenoxy) is 3. The minimum atomic E-state index is -0.462. The van der Waals surface area contributed by atoms with Crippen LogP contribution >= 0.6 is 0 Å². The van der Waals surface area contributed by atoms with Gasteiger partial charge in [0.25, 0.3) is 0 Å². The molecule has 2 aromatic rings. The summed E-state index contributed by atoms with van der Waals surface area (Å²) in [7, 11) is 3.20. The molecule has 0 saturated carbocycles. The molecule has 2 aliphatic rings. The Morgan fingerprint density at radius 2 is 1.62 bits per heavy atom. The number of carbonyl (C=O) groups excluding carboxylic acids is 2. The average molecular weight is 462 g/mol. The fourth-order valence-electron chi connectivity index (χ4n) is 4.81. The SMILES string of the molecule is COCCOC(=O)C1=C(C)NC2=C(C(=O)C[C@H](c3ccc(OC)cc3)C2)[C@@H]1c1ccc(C)cc1. The molecule has 6 nitrogen and oxygen atoms in total. The van der Waals surface area contributed by atoms with Crippen LogP contribution in [0, 0.1) is 6.92 Å². The van der Waals surface area contributed by atoms with Crippen LogP contribution in [0.1, 0.15) is 48.3 Å². The zero-order valence-corrected chi connectivity index (χ0v) is 20.1. The van der Waals surface area contributed by atoms with Gasteiger partial charge in [0.15, 0.2) is 5.78 Å². The third-order valence-corrected chi connectivity index (χ3v) is 6.57. The van der Waals surface area contributed by atoms with Crippen molar-refractivity contribution in [1.82, 2.24) is 5.32 Å². The Balaban J connectivity index is 1.72. The van der Waals surface area contributed by atoms with E-state index in [0.717, 1.165) is 33.8 Å². The summed E-state index contributed by atoms with van der Waals surface area (Å²) in [5, 5.41) is 3.39. The molecule has 0 radical (unpaired) electrons. The van der Waals surface area contributed by atoms with Gasteiger partial charge < -0.3 is 19.5 Å². The number of hydrogen-bond acceptors (Lipinski definition) is 6. The molecule has 0 fully saturated rings. The summed E-state index contributed by atoms with van der Waals surface area (Å²) in [5.41, 5.74) is 5.87. The second kappa shape index (κ2) is 10.3. The monoisotopic (exact) mass is 461 g/mol. The molecule has 1 aliphatic carbocycles. The molecule has 0 amide bonds. The maximum absolute atomic E-state index is 13.6. The van der Waals surface area contributed by atoms with Crippen LogP contribution in [0.3, 0.4) is 0 Å². The summed E-state index contributed by atoms with van der Waals surface area (Å²) < 4.78 is 15.8. The standard InChI is InChI=1S/C28H31NO5/c1-17-5-7-20(8-6-17)26-25(28(31)34-14-13-32-3)18(2)29-23-15-21(16-24(30)27(23)26)19-9-11-22(33-4)12-10-19/h5-12,21,26,29H,13-16H2,1-4H3/t21-,26-/m1/s1. The third kappa shape index (κ3) is 4.77. The fraction of sp³-hybridized carbons (Fsp3) is 0.357. The van der Waals surface area contributed by atoms with Crippen LogP contribution in [0.15, 0.2) is 71.1 Å². The van der Waals surface area contributed by atoms with Gasteiger partial charge in [-0.15, -0.1) is 0 Å². The molecule has 1 aliphatic heterocycles. The van der Waals surface area contributed by atoms with E-state index in [2.05, 4.69) is 5.32 Å². The van der Waals surface area contributed by atoms with Crippen LogP contribution in [0.4, 0.5) is 0 Å².